The van der Waals surface area contributed by atoms with E-state index < -0.39 is 5.92 Å². The van der Waals surface area contributed by atoms with Crippen molar-refractivity contribution >= 4 is 11.7 Å². The molecule has 0 saturated heterocycles. The van der Waals surface area contributed by atoms with Crippen LogP contribution in [-0.2, 0) is 20.7 Å². The van der Waals surface area contributed by atoms with Crippen LogP contribution in [0.1, 0.15) is 79.8 Å². The number of aryl methyl sites for hydroxylation is 1. The van der Waals surface area contributed by atoms with Crippen molar-refractivity contribution in [1.29, 1.82) is 0 Å². The smallest absolute Gasteiger partial charge is 0.228 e. The molecule has 5 heteroatoms. The Labute approximate surface area is 191 Å². The minimum absolute atomic E-state index is 0.0110. The summed E-state index contributed by atoms with van der Waals surface area (Å²) in [6.45, 7) is 3.72. The molecule has 1 aliphatic rings. The van der Waals surface area contributed by atoms with Crippen LogP contribution in [0.25, 0.3) is 0 Å². The highest BCUT2D eigenvalue weighted by atomic mass is 16.5. The summed E-state index contributed by atoms with van der Waals surface area (Å²) in [6.07, 6.45) is 3.25. The second-order valence-corrected chi connectivity index (χ2v) is 8.80. The third-order valence-electron chi connectivity index (χ3n) is 6.68. The second kappa shape index (κ2) is 11.4. The molecule has 0 aromatic heterocycles. The Bertz CT molecular complexity index is 925. The molecule has 0 aliphatic heterocycles. The van der Waals surface area contributed by atoms with Gasteiger partial charge in [0.25, 0.3) is 0 Å². The van der Waals surface area contributed by atoms with Gasteiger partial charge in [0.15, 0.2) is 0 Å². The van der Waals surface area contributed by atoms with Crippen LogP contribution >= 0.6 is 0 Å². The van der Waals surface area contributed by atoms with Gasteiger partial charge in [-0.3, -0.25) is 9.59 Å². The van der Waals surface area contributed by atoms with Crippen LogP contribution in [0.2, 0.25) is 0 Å². The first kappa shape index (κ1) is 24.1. The number of ether oxygens (including phenoxy) is 1. The highest BCUT2D eigenvalue weighted by molar-refractivity contribution is 5.91. The van der Waals surface area contributed by atoms with Crippen molar-refractivity contribution in [1.82, 2.24) is 5.32 Å². The Hall–Kier alpha value is -2.50. The van der Waals surface area contributed by atoms with Crippen molar-refractivity contribution in [3.05, 3.63) is 70.8 Å². The van der Waals surface area contributed by atoms with E-state index in [0.717, 1.165) is 30.4 Å². The molecule has 1 amide bonds. The van der Waals surface area contributed by atoms with Gasteiger partial charge in [-0.25, -0.2) is 0 Å². The highest BCUT2D eigenvalue weighted by Gasteiger charge is 2.31. The van der Waals surface area contributed by atoms with Crippen molar-refractivity contribution in [2.75, 3.05) is 13.7 Å². The van der Waals surface area contributed by atoms with Crippen LogP contribution in [0, 0.1) is 5.92 Å². The van der Waals surface area contributed by atoms with Gasteiger partial charge in [0, 0.05) is 26.1 Å². The fourth-order valence-corrected chi connectivity index (χ4v) is 4.60. The number of benzene rings is 2. The molecule has 4 atom stereocenters. The maximum Gasteiger partial charge on any atom is 0.228 e. The average Bonchev–Trinajstić information content (AvgIpc) is 2.82. The number of aliphatic hydroxyl groups excluding tert-OH is 1. The van der Waals surface area contributed by atoms with Crippen LogP contribution in [0.15, 0.2) is 48.5 Å². The molecule has 0 spiro atoms. The fraction of sp³-hybridized carbons (Fsp3) is 0.481. The lowest BCUT2D eigenvalue weighted by Crippen LogP contribution is -2.36. The molecule has 0 bridgehead atoms. The first-order valence-corrected chi connectivity index (χ1v) is 11.6. The average molecular weight is 438 g/mol. The Morgan fingerprint density at radius 3 is 2.50 bits per heavy atom. The van der Waals surface area contributed by atoms with Gasteiger partial charge in [0.05, 0.1) is 18.1 Å². The standard InChI is InChI=1S/C27H35NO4/c1-18(15-16-29)26(30)17-24(23-13-7-6-11-21(23)19(2)32-3)27(31)28-25-14-8-10-20-9-4-5-12-22(20)25/h4-7,9,11-13,18-19,24-25,29H,8,10,14-17H2,1-3H3,(H,28,31)/t18-,19?,24?,25+/m0/s1. The monoisotopic (exact) mass is 437 g/mol. The summed E-state index contributed by atoms with van der Waals surface area (Å²) in [4.78, 5) is 26.6. The second-order valence-electron chi connectivity index (χ2n) is 8.80. The van der Waals surface area contributed by atoms with Gasteiger partial charge >= 0.3 is 0 Å². The van der Waals surface area contributed by atoms with E-state index in [0.29, 0.717) is 6.42 Å². The Morgan fingerprint density at radius 2 is 1.78 bits per heavy atom. The Balaban J connectivity index is 1.91. The van der Waals surface area contributed by atoms with E-state index in [9.17, 15) is 14.7 Å². The molecule has 0 radical (unpaired) electrons. The highest BCUT2D eigenvalue weighted by Crippen LogP contribution is 2.34. The van der Waals surface area contributed by atoms with Crippen LogP contribution in [0.5, 0.6) is 0 Å². The zero-order valence-electron chi connectivity index (χ0n) is 19.3. The normalized spacial score (nSPS) is 18.3. The number of nitrogens with one attached hydrogen (secondary N) is 1. The van der Waals surface area contributed by atoms with Crippen LogP contribution in [-0.4, -0.2) is 30.5 Å². The van der Waals surface area contributed by atoms with E-state index >= 15 is 0 Å². The van der Waals surface area contributed by atoms with Gasteiger partial charge in [0.2, 0.25) is 5.91 Å². The first-order valence-electron chi connectivity index (χ1n) is 11.6. The molecule has 2 aromatic carbocycles. The molecular formula is C27H35NO4. The van der Waals surface area contributed by atoms with E-state index in [1.54, 1.807) is 7.11 Å². The summed E-state index contributed by atoms with van der Waals surface area (Å²) < 4.78 is 5.54. The number of hydrogen-bond donors (Lipinski definition) is 2. The van der Waals surface area contributed by atoms with Gasteiger partial charge < -0.3 is 15.2 Å². The van der Waals surface area contributed by atoms with Crippen molar-refractivity contribution in [3.63, 3.8) is 0 Å². The summed E-state index contributed by atoms with van der Waals surface area (Å²) >= 11 is 0. The predicted octanol–water partition coefficient (Wildman–Crippen LogP) is 4.65. The molecule has 0 saturated carbocycles. The molecule has 172 valence electrons. The maximum absolute atomic E-state index is 13.6. The first-order chi connectivity index (χ1) is 15.5. The zero-order valence-corrected chi connectivity index (χ0v) is 19.3. The number of Topliss-reactive ketones (excluding diaryl/α,β-unsaturated/α-hetero) is 1. The minimum atomic E-state index is -0.605. The molecule has 1 aliphatic carbocycles. The number of methoxy groups -OCH3 is 1. The number of carbonyl (C=O) groups excluding carboxylic acids is 2. The zero-order chi connectivity index (χ0) is 23.1. The SMILES string of the molecule is COC(C)c1ccccc1C(CC(=O)[C@@H](C)CCO)C(=O)N[C@@H]1CCCc2ccccc21. The molecule has 5 nitrogen and oxygen atoms in total. The molecule has 3 rings (SSSR count). The van der Waals surface area contributed by atoms with E-state index in [2.05, 4.69) is 17.4 Å². The number of fused-ring (bicyclic) bond motifs is 1. The van der Waals surface area contributed by atoms with E-state index in [4.69, 9.17) is 4.74 Å². The van der Waals surface area contributed by atoms with Gasteiger partial charge in [0.1, 0.15) is 5.78 Å². The van der Waals surface area contributed by atoms with E-state index in [1.165, 1.54) is 11.1 Å². The van der Waals surface area contributed by atoms with Crippen molar-refractivity contribution < 1.29 is 19.4 Å². The molecule has 2 unspecified atom stereocenters. The Morgan fingerprint density at radius 1 is 1.09 bits per heavy atom. The number of carbonyl (C=O) groups is 2. The molecule has 0 heterocycles. The number of aliphatic hydroxyl groups is 1. The summed E-state index contributed by atoms with van der Waals surface area (Å²) in [6, 6.07) is 15.9. The van der Waals surface area contributed by atoms with Gasteiger partial charge in [-0.15, -0.1) is 0 Å². The summed E-state index contributed by atoms with van der Waals surface area (Å²) in [5, 5.41) is 12.5. The third kappa shape index (κ3) is 5.64. The minimum Gasteiger partial charge on any atom is -0.396 e. The van der Waals surface area contributed by atoms with Gasteiger partial charge in [-0.2, -0.15) is 0 Å². The molecule has 2 N–H and O–H groups in total. The summed E-state index contributed by atoms with van der Waals surface area (Å²) in [7, 11) is 1.64. The quantitative estimate of drug-likeness (QED) is 0.567. The van der Waals surface area contributed by atoms with Gasteiger partial charge in [-0.1, -0.05) is 55.5 Å². The predicted molar refractivity (Wildman–Crippen MR) is 125 cm³/mol. The molecule has 2 aromatic rings. The number of amides is 1. The fourth-order valence-electron chi connectivity index (χ4n) is 4.60. The molecule has 0 fully saturated rings. The van der Waals surface area contributed by atoms with Crippen LogP contribution in [0.4, 0.5) is 0 Å². The van der Waals surface area contributed by atoms with E-state index in [1.807, 2.05) is 50.2 Å². The third-order valence-corrected chi connectivity index (χ3v) is 6.68. The van der Waals surface area contributed by atoms with Crippen LogP contribution in [0.3, 0.4) is 0 Å². The lowest BCUT2D eigenvalue weighted by Gasteiger charge is -2.29. The topological polar surface area (TPSA) is 75.6 Å². The molecular weight excluding hydrogens is 402 g/mol. The summed E-state index contributed by atoms with van der Waals surface area (Å²) in [5.41, 5.74) is 4.20. The largest absolute Gasteiger partial charge is 0.396 e. The van der Waals surface area contributed by atoms with Gasteiger partial charge in [-0.05, 0) is 54.9 Å². The van der Waals surface area contributed by atoms with Crippen molar-refractivity contribution in [2.24, 2.45) is 5.92 Å². The van der Waals surface area contributed by atoms with E-state index in [-0.39, 0.29) is 42.8 Å². The van der Waals surface area contributed by atoms with Crippen molar-refractivity contribution in [2.45, 2.75) is 64.0 Å². The number of ketones is 1. The van der Waals surface area contributed by atoms with Crippen LogP contribution < -0.4 is 5.32 Å². The maximum atomic E-state index is 13.6. The molecule has 32 heavy (non-hydrogen) atoms. The number of hydrogen-bond acceptors (Lipinski definition) is 4. The summed E-state index contributed by atoms with van der Waals surface area (Å²) in [5.74, 6) is -1.04. The lowest BCUT2D eigenvalue weighted by atomic mass is 9.83. The van der Waals surface area contributed by atoms with Crippen molar-refractivity contribution in [3.8, 4) is 0 Å². The Kier molecular flexibility index (Phi) is 8.60. The number of rotatable bonds is 10. The lowest BCUT2D eigenvalue weighted by molar-refractivity contribution is -0.129.